The molecule has 0 spiro atoms. The third-order valence-electron chi connectivity index (χ3n) is 3.83. The molecule has 0 unspecified atom stereocenters. The largest absolute Gasteiger partial charge is 0.341 e. The predicted octanol–water partition coefficient (Wildman–Crippen LogP) is 2.33. The third kappa shape index (κ3) is 5.89. The summed E-state index contributed by atoms with van der Waals surface area (Å²) in [7, 11) is -3.77. The zero-order valence-electron chi connectivity index (χ0n) is 14.3. The van der Waals surface area contributed by atoms with Gasteiger partial charge in [0, 0.05) is 26.6 Å². The second-order valence-electron chi connectivity index (χ2n) is 5.73. The molecule has 0 saturated heterocycles. The summed E-state index contributed by atoms with van der Waals surface area (Å²) in [5.41, 5.74) is 0.879. The number of benzene rings is 2. The first-order valence-corrected chi connectivity index (χ1v) is 9.51. The maximum Gasteiger partial charge on any atom is 0.240 e. The summed E-state index contributed by atoms with van der Waals surface area (Å²) in [6.07, 6.45) is 0.532. The molecule has 26 heavy (non-hydrogen) atoms. The minimum Gasteiger partial charge on any atom is -0.341 e. The second-order valence-corrected chi connectivity index (χ2v) is 7.50. The minimum atomic E-state index is -3.77. The average Bonchev–Trinajstić information content (AvgIpc) is 2.59. The van der Waals surface area contributed by atoms with Gasteiger partial charge in [0.2, 0.25) is 15.9 Å². The van der Waals surface area contributed by atoms with Gasteiger partial charge in [-0.15, -0.1) is 0 Å². The van der Waals surface area contributed by atoms with E-state index in [2.05, 4.69) is 4.72 Å². The van der Waals surface area contributed by atoms with E-state index >= 15 is 0 Å². The molecular weight excluding hydrogens is 362 g/mol. The van der Waals surface area contributed by atoms with E-state index in [1.165, 1.54) is 36.1 Å². The maximum absolute atomic E-state index is 12.9. The van der Waals surface area contributed by atoms with E-state index in [0.29, 0.717) is 13.0 Å². The van der Waals surface area contributed by atoms with Gasteiger partial charge in [0.15, 0.2) is 0 Å². The van der Waals surface area contributed by atoms with Crippen LogP contribution in [0, 0.1) is 11.6 Å². The zero-order valence-corrected chi connectivity index (χ0v) is 15.1. The molecule has 5 nitrogen and oxygen atoms in total. The summed E-state index contributed by atoms with van der Waals surface area (Å²) in [5.74, 6) is -1.03. The number of halogens is 2. The van der Waals surface area contributed by atoms with Gasteiger partial charge in [-0.05, 0) is 48.4 Å². The Hall–Kier alpha value is -2.32. The molecule has 2 aromatic rings. The van der Waals surface area contributed by atoms with Crippen molar-refractivity contribution in [3.05, 3.63) is 65.7 Å². The smallest absolute Gasteiger partial charge is 0.240 e. The van der Waals surface area contributed by atoms with Crippen LogP contribution >= 0.6 is 0 Å². The number of nitrogens with one attached hydrogen (secondary N) is 1. The summed E-state index contributed by atoms with van der Waals surface area (Å²) in [4.78, 5) is 13.2. The van der Waals surface area contributed by atoms with Crippen LogP contribution in [0.5, 0.6) is 0 Å². The number of carbonyl (C=O) groups excluding carboxylic acids is 1. The molecule has 0 saturated carbocycles. The molecule has 0 bridgehead atoms. The lowest BCUT2D eigenvalue weighted by Gasteiger charge is -2.21. The summed E-state index contributed by atoms with van der Waals surface area (Å²) < 4.78 is 52.5. The van der Waals surface area contributed by atoms with Crippen molar-refractivity contribution in [2.45, 2.75) is 18.2 Å². The Morgan fingerprint density at radius 1 is 0.962 bits per heavy atom. The van der Waals surface area contributed by atoms with Crippen LogP contribution in [0.25, 0.3) is 0 Å². The average molecular weight is 382 g/mol. The molecule has 2 aromatic carbocycles. The zero-order chi connectivity index (χ0) is 19.2. The number of carbonyl (C=O) groups is 1. The van der Waals surface area contributed by atoms with Crippen molar-refractivity contribution < 1.29 is 22.0 Å². The lowest BCUT2D eigenvalue weighted by Crippen LogP contribution is -2.38. The first-order chi connectivity index (χ1) is 12.3. The third-order valence-corrected chi connectivity index (χ3v) is 5.30. The topological polar surface area (TPSA) is 66.5 Å². The molecule has 0 aliphatic rings. The Labute approximate surface area is 151 Å². The lowest BCUT2D eigenvalue weighted by molar-refractivity contribution is -0.128. The van der Waals surface area contributed by atoms with Gasteiger partial charge in [-0.2, -0.15) is 0 Å². The molecule has 0 radical (unpaired) electrons. The van der Waals surface area contributed by atoms with Crippen molar-refractivity contribution in [3.8, 4) is 0 Å². The van der Waals surface area contributed by atoms with E-state index in [1.54, 1.807) is 12.1 Å². The Morgan fingerprint density at radius 2 is 1.50 bits per heavy atom. The molecule has 1 N–H and O–H groups in total. The molecule has 0 fully saturated rings. The fourth-order valence-corrected chi connectivity index (χ4v) is 3.37. The first-order valence-electron chi connectivity index (χ1n) is 8.03. The van der Waals surface area contributed by atoms with Crippen molar-refractivity contribution in [2.24, 2.45) is 0 Å². The SMILES string of the molecule is CC(=O)N(CCNS(=O)(=O)c1ccc(F)cc1)CCc1ccc(F)cc1. The van der Waals surface area contributed by atoms with Crippen molar-refractivity contribution in [1.82, 2.24) is 9.62 Å². The molecular formula is C18H20F2N2O3S. The van der Waals surface area contributed by atoms with Crippen molar-refractivity contribution in [3.63, 3.8) is 0 Å². The molecule has 0 aliphatic carbocycles. The molecule has 0 aromatic heterocycles. The number of sulfonamides is 1. The summed E-state index contributed by atoms with van der Waals surface area (Å²) in [5, 5.41) is 0. The van der Waals surface area contributed by atoms with Crippen LogP contribution in [0.1, 0.15) is 12.5 Å². The Balaban J connectivity index is 1.88. The molecule has 0 atom stereocenters. The van der Waals surface area contributed by atoms with Gasteiger partial charge >= 0.3 is 0 Å². The van der Waals surface area contributed by atoms with Crippen LogP contribution in [0.3, 0.4) is 0 Å². The highest BCUT2D eigenvalue weighted by Gasteiger charge is 2.15. The van der Waals surface area contributed by atoms with Gasteiger partial charge in [0.1, 0.15) is 11.6 Å². The van der Waals surface area contributed by atoms with Crippen LogP contribution in [0.4, 0.5) is 8.78 Å². The molecule has 0 heterocycles. The number of nitrogens with zero attached hydrogens (tertiary/aromatic N) is 1. The molecule has 1 amide bonds. The van der Waals surface area contributed by atoms with Crippen LogP contribution in [0.2, 0.25) is 0 Å². The number of amides is 1. The number of hydrogen-bond donors (Lipinski definition) is 1. The van der Waals surface area contributed by atoms with E-state index < -0.39 is 15.8 Å². The number of hydrogen-bond acceptors (Lipinski definition) is 3. The van der Waals surface area contributed by atoms with Crippen LogP contribution < -0.4 is 4.72 Å². The van der Waals surface area contributed by atoms with E-state index in [4.69, 9.17) is 0 Å². The normalized spacial score (nSPS) is 11.3. The van der Waals surface area contributed by atoms with Crippen molar-refractivity contribution in [2.75, 3.05) is 19.6 Å². The second kappa shape index (κ2) is 8.86. The van der Waals surface area contributed by atoms with Gasteiger partial charge in [0.25, 0.3) is 0 Å². The van der Waals surface area contributed by atoms with Gasteiger partial charge in [-0.25, -0.2) is 21.9 Å². The van der Waals surface area contributed by atoms with E-state index in [9.17, 15) is 22.0 Å². The van der Waals surface area contributed by atoms with E-state index in [0.717, 1.165) is 17.7 Å². The molecule has 140 valence electrons. The monoisotopic (exact) mass is 382 g/mol. The fourth-order valence-electron chi connectivity index (χ4n) is 2.35. The molecule has 8 heteroatoms. The van der Waals surface area contributed by atoms with Crippen LogP contribution in [0.15, 0.2) is 53.4 Å². The standard InChI is InChI=1S/C18H20F2N2O3S/c1-14(23)22(12-10-15-2-4-16(19)5-3-15)13-11-21-26(24,25)18-8-6-17(20)7-9-18/h2-9,21H,10-13H2,1H3. The molecule has 0 aliphatic heterocycles. The Kier molecular flexibility index (Phi) is 6.82. The van der Waals surface area contributed by atoms with Crippen molar-refractivity contribution in [1.29, 1.82) is 0 Å². The summed E-state index contributed by atoms with van der Waals surface area (Å²) in [6, 6.07) is 10.5. The highest BCUT2D eigenvalue weighted by molar-refractivity contribution is 7.89. The fraction of sp³-hybridized carbons (Fsp3) is 0.278. The highest BCUT2D eigenvalue weighted by Crippen LogP contribution is 2.09. The first kappa shape index (κ1) is 20.0. The van der Waals surface area contributed by atoms with E-state index in [1.807, 2.05) is 0 Å². The van der Waals surface area contributed by atoms with Gasteiger partial charge < -0.3 is 4.90 Å². The lowest BCUT2D eigenvalue weighted by atomic mass is 10.1. The number of rotatable bonds is 8. The van der Waals surface area contributed by atoms with Crippen molar-refractivity contribution >= 4 is 15.9 Å². The van der Waals surface area contributed by atoms with Crippen LogP contribution in [-0.2, 0) is 21.2 Å². The van der Waals surface area contributed by atoms with Gasteiger partial charge in [-0.1, -0.05) is 12.1 Å². The van der Waals surface area contributed by atoms with Gasteiger partial charge in [-0.3, -0.25) is 4.79 Å². The minimum absolute atomic E-state index is 0.0305. The quantitative estimate of drug-likeness (QED) is 0.762. The molecule has 2 rings (SSSR count). The van der Waals surface area contributed by atoms with Crippen LogP contribution in [-0.4, -0.2) is 38.9 Å². The Morgan fingerprint density at radius 3 is 2.04 bits per heavy atom. The summed E-state index contributed by atoms with van der Waals surface area (Å²) >= 11 is 0. The van der Waals surface area contributed by atoms with E-state index in [-0.39, 0.29) is 29.7 Å². The predicted molar refractivity (Wildman–Crippen MR) is 93.9 cm³/mol. The van der Waals surface area contributed by atoms with Gasteiger partial charge in [0.05, 0.1) is 4.90 Å². The maximum atomic E-state index is 12.9. The highest BCUT2D eigenvalue weighted by atomic mass is 32.2. The Bertz CT molecular complexity index is 838. The summed E-state index contributed by atoms with van der Waals surface area (Å²) in [6.45, 7) is 2.01.